The molecule has 0 fully saturated rings. The Balaban J connectivity index is 2.98. The van der Waals surface area contributed by atoms with Gasteiger partial charge in [-0.15, -0.1) is 0 Å². The molecule has 0 aliphatic heterocycles. The molecule has 0 aliphatic carbocycles. The van der Waals surface area contributed by atoms with Gasteiger partial charge in [0.15, 0.2) is 0 Å². The lowest BCUT2D eigenvalue weighted by Gasteiger charge is -2.10. The number of nitrogen functional groups attached to an aromatic ring is 1. The number of halogens is 1. The second-order valence-electron chi connectivity index (χ2n) is 3.90. The normalized spacial score (nSPS) is 12.6. The standard InChI is InChI=1S/C9H14FN3O4S2/c1-6-4-7(10)8(11)5-9(6)19(16,17)13-2-3-18(12,14)15/h4-5,13H,2-3,11H2,1H3,(H2,12,14,15). The molecule has 0 unspecified atom stereocenters. The summed E-state index contributed by atoms with van der Waals surface area (Å²) in [6.07, 6.45) is 0. The van der Waals surface area contributed by atoms with Crippen molar-refractivity contribution in [2.75, 3.05) is 18.0 Å². The average molecular weight is 311 g/mol. The number of primary sulfonamides is 1. The maximum atomic E-state index is 13.1. The maximum Gasteiger partial charge on any atom is 0.240 e. The smallest absolute Gasteiger partial charge is 0.240 e. The van der Waals surface area contributed by atoms with Crippen LogP contribution in [0.5, 0.6) is 0 Å². The highest BCUT2D eigenvalue weighted by Gasteiger charge is 2.19. The van der Waals surface area contributed by atoms with Gasteiger partial charge < -0.3 is 5.73 Å². The predicted octanol–water partition coefficient (Wildman–Crippen LogP) is -0.717. The average Bonchev–Trinajstić information content (AvgIpc) is 2.20. The zero-order valence-electron chi connectivity index (χ0n) is 10.1. The fraction of sp³-hybridized carbons (Fsp3) is 0.333. The van der Waals surface area contributed by atoms with Crippen LogP contribution in [-0.2, 0) is 20.0 Å². The van der Waals surface area contributed by atoms with E-state index in [2.05, 4.69) is 4.72 Å². The van der Waals surface area contributed by atoms with Gasteiger partial charge in [-0.05, 0) is 24.6 Å². The van der Waals surface area contributed by atoms with Crippen molar-refractivity contribution in [3.05, 3.63) is 23.5 Å². The molecule has 7 nitrogen and oxygen atoms in total. The van der Waals surface area contributed by atoms with Gasteiger partial charge >= 0.3 is 0 Å². The summed E-state index contributed by atoms with van der Waals surface area (Å²) in [7, 11) is -7.73. The van der Waals surface area contributed by atoms with Crippen molar-refractivity contribution in [1.82, 2.24) is 4.72 Å². The van der Waals surface area contributed by atoms with Crippen LogP contribution in [-0.4, -0.2) is 29.1 Å². The van der Waals surface area contributed by atoms with Gasteiger partial charge in [0.1, 0.15) is 5.82 Å². The second kappa shape index (κ2) is 5.41. The molecule has 0 saturated carbocycles. The summed E-state index contributed by atoms with van der Waals surface area (Å²) in [5, 5.41) is 4.75. The van der Waals surface area contributed by atoms with E-state index in [1.807, 2.05) is 0 Å². The second-order valence-corrected chi connectivity index (χ2v) is 7.37. The summed E-state index contributed by atoms with van der Waals surface area (Å²) in [6, 6.07) is 1.97. The number of hydrogen-bond acceptors (Lipinski definition) is 5. The van der Waals surface area contributed by atoms with Crippen LogP contribution in [0.2, 0.25) is 0 Å². The van der Waals surface area contributed by atoms with Crippen LogP contribution in [0.3, 0.4) is 0 Å². The third kappa shape index (κ3) is 4.42. The van der Waals surface area contributed by atoms with Crippen molar-refractivity contribution >= 4 is 25.7 Å². The van der Waals surface area contributed by atoms with E-state index in [1.165, 1.54) is 6.92 Å². The summed E-state index contributed by atoms with van der Waals surface area (Å²) in [6.45, 7) is 1.02. The van der Waals surface area contributed by atoms with Crippen molar-refractivity contribution in [2.24, 2.45) is 5.14 Å². The van der Waals surface area contributed by atoms with E-state index in [0.29, 0.717) is 0 Å². The third-order valence-corrected chi connectivity index (χ3v) is 4.64. The van der Waals surface area contributed by atoms with Gasteiger partial charge in [0.25, 0.3) is 0 Å². The number of nitrogens with two attached hydrogens (primary N) is 2. The van der Waals surface area contributed by atoms with E-state index in [-0.39, 0.29) is 22.7 Å². The fourth-order valence-corrected chi connectivity index (χ4v) is 3.16. The lowest BCUT2D eigenvalue weighted by atomic mass is 10.2. The molecule has 10 heteroatoms. The summed E-state index contributed by atoms with van der Waals surface area (Å²) in [4.78, 5) is -0.208. The molecule has 0 bridgehead atoms. The Labute approximate surface area is 110 Å². The molecule has 0 aliphatic rings. The van der Waals surface area contributed by atoms with Gasteiger partial charge in [-0.2, -0.15) is 0 Å². The SMILES string of the molecule is Cc1cc(F)c(N)cc1S(=O)(=O)NCCS(N)(=O)=O. The molecule has 0 spiro atoms. The van der Waals surface area contributed by atoms with Gasteiger partial charge in [0.05, 0.1) is 16.3 Å². The quantitative estimate of drug-likeness (QED) is 0.617. The van der Waals surface area contributed by atoms with Gasteiger partial charge in [-0.1, -0.05) is 0 Å². The number of sulfonamides is 2. The Morgan fingerprint density at radius 2 is 1.84 bits per heavy atom. The van der Waals surface area contributed by atoms with Crippen LogP contribution in [0.1, 0.15) is 5.56 Å². The van der Waals surface area contributed by atoms with Gasteiger partial charge in [0.2, 0.25) is 20.0 Å². The summed E-state index contributed by atoms with van der Waals surface area (Å²) < 4.78 is 60.3. The third-order valence-electron chi connectivity index (χ3n) is 2.26. The van der Waals surface area contributed by atoms with Crippen molar-refractivity contribution in [3.63, 3.8) is 0 Å². The fourth-order valence-electron chi connectivity index (χ4n) is 1.35. The highest BCUT2D eigenvalue weighted by molar-refractivity contribution is 7.90. The van der Waals surface area contributed by atoms with Gasteiger partial charge in [0, 0.05) is 6.54 Å². The molecule has 0 saturated heterocycles. The first kappa shape index (κ1) is 15.8. The molecule has 5 N–H and O–H groups in total. The van der Waals surface area contributed by atoms with Crippen LogP contribution in [0, 0.1) is 12.7 Å². The van der Waals surface area contributed by atoms with Crippen LogP contribution in [0.15, 0.2) is 17.0 Å². The van der Waals surface area contributed by atoms with Crippen molar-refractivity contribution < 1.29 is 21.2 Å². The monoisotopic (exact) mass is 311 g/mol. The zero-order chi connectivity index (χ0) is 14.8. The first-order valence-corrected chi connectivity index (χ1v) is 8.28. The molecule has 1 aromatic rings. The molecule has 1 aromatic carbocycles. The first-order valence-electron chi connectivity index (χ1n) is 5.09. The summed E-state index contributed by atoms with van der Waals surface area (Å²) >= 11 is 0. The summed E-state index contributed by atoms with van der Waals surface area (Å²) in [5.74, 6) is -1.26. The van der Waals surface area contributed by atoms with E-state index in [4.69, 9.17) is 10.9 Å². The number of benzene rings is 1. The largest absolute Gasteiger partial charge is 0.396 e. The topological polar surface area (TPSA) is 132 Å². The molecular formula is C9H14FN3O4S2. The number of nitrogens with one attached hydrogen (secondary N) is 1. The first-order chi connectivity index (χ1) is 8.53. The highest BCUT2D eigenvalue weighted by Crippen LogP contribution is 2.21. The van der Waals surface area contributed by atoms with E-state index >= 15 is 0 Å². The van der Waals surface area contributed by atoms with Crippen LogP contribution < -0.4 is 15.6 Å². The number of rotatable bonds is 5. The number of anilines is 1. The molecule has 0 heterocycles. The Morgan fingerprint density at radius 3 is 2.37 bits per heavy atom. The molecule has 0 aromatic heterocycles. The van der Waals surface area contributed by atoms with Crippen LogP contribution in [0.25, 0.3) is 0 Å². The minimum atomic E-state index is -3.97. The molecule has 108 valence electrons. The predicted molar refractivity (Wildman–Crippen MR) is 68.7 cm³/mol. The lowest BCUT2D eigenvalue weighted by molar-refractivity contribution is 0.580. The molecule has 19 heavy (non-hydrogen) atoms. The molecule has 0 radical (unpaired) electrons. The van der Waals surface area contributed by atoms with Gasteiger partial charge in [-0.25, -0.2) is 31.1 Å². The van der Waals surface area contributed by atoms with E-state index in [0.717, 1.165) is 12.1 Å². The summed E-state index contributed by atoms with van der Waals surface area (Å²) in [5.41, 5.74) is 5.15. The molecular weight excluding hydrogens is 297 g/mol. The molecule has 1 rings (SSSR count). The lowest BCUT2D eigenvalue weighted by Crippen LogP contribution is -2.32. The Kier molecular flexibility index (Phi) is 4.50. The minimum Gasteiger partial charge on any atom is -0.396 e. The van der Waals surface area contributed by atoms with E-state index < -0.39 is 31.6 Å². The van der Waals surface area contributed by atoms with Crippen molar-refractivity contribution in [2.45, 2.75) is 11.8 Å². The minimum absolute atomic E-state index is 0.162. The van der Waals surface area contributed by atoms with Gasteiger partial charge in [-0.3, -0.25) is 0 Å². The Hall–Kier alpha value is -1.23. The number of hydrogen-bond donors (Lipinski definition) is 3. The number of aryl methyl sites for hydroxylation is 1. The molecule has 0 atom stereocenters. The maximum absolute atomic E-state index is 13.1. The zero-order valence-corrected chi connectivity index (χ0v) is 11.7. The van der Waals surface area contributed by atoms with E-state index in [1.54, 1.807) is 0 Å². The Morgan fingerprint density at radius 1 is 1.26 bits per heavy atom. The highest BCUT2D eigenvalue weighted by atomic mass is 32.2. The molecule has 0 amide bonds. The Bertz CT molecular complexity index is 686. The van der Waals surface area contributed by atoms with Crippen LogP contribution >= 0.6 is 0 Å². The van der Waals surface area contributed by atoms with Crippen molar-refractivity contribution in [3.8, 4) is 0 Å². The van der Waals surface area contributed by atoms with Crippen molar-refractivity contribution in [1.29, 1.82) is 0 Å². The van der Waals surface area contributed by atoms with Crippen LogP contribution in [0.4, 0.5) is 10.1 Å². The van der Waals surface area contributed by atoms with E-state index in [9.17, 15) is 21.2 Å².